The van der Waals surface area contributed by atoms with Crippen molar-refractivity contribution in [2.45, 2.75) is 57.6 Å². The number of benzene rings is 3. The Bertz CT molecular complexity index is 1410. The van der Waals surface area contributed by atoms with Crippen molar-refractivity contribution in [1.29, 1.82) is 0 Å². The number of methoxy groups -OCH3 is 1. The van der Waals surface area contributed by atoms with Crippen molar-refractivity contribution in [3.05, 3.63) is 82.9 Å². The van der Waals surface area contributed by atoms with Crippen LogP contribution in [0.4, 0.5) is 5.69 Å². The molecule has 0 saturated carbocycles. The van der Waals surface area contributed by atoms with Crippen molar-refractivity contribution >= 4 is 21.6 Å². The van der Waals surface area contributed by atoms with Gasteiger partial charge in [0.1, 0.15) is 23.6 Å². The summed E-state index contributed by atoms with van der Waals surface area (Å²) in [5.74, 6) is 0.893. The van der Waals surface area contributed by atoms with Gasteiger partial charge in [-0.3, -0.25) is 9.10 Å². The van der Waals surface area contributed by atoms with E-state index in [1.54, 1.807) is 49.6 Å². The lowest BCUT2D eigenvalue weighted by Gasteiger charge is -2.38. The summed E-state index contributed by atoms with van der Waals surface area (Å²) < 4.78 is 40.1. The van der Waals surface area contributed by atoms with E-state index in [1.807, 2.05) is 52.8 Å². The van der Waals surface area contributed by atoms with E-state index in [0.717, 1.165) is 22.3 Å². The predicted octanol–water partition coefficient (Wildman–Crippen LogP) is 5.23. The Balaban J connectivity index is 1.66. The molecule has 1 atom stereocenters. The quantitative estimate of drug-likeness (QED) is 0.459. The molecule has 8 heteroatoms. The number of rotatable bonds is 7. The van der Waals surface area contributed by atoms with Crippen molar-refractivity contribution in [1.82, 2.24) is 5.32 Å². The Morgan fingerprint density at radius 1 is 1.03 bits per heavy atom. The average Bonchev–Trinajstić information content (AvgIpc) is 2.83. The average molecular weight is 523 g/mol. The van der Waals surface area contributed by atoms with Crippen LogP contribution in [-0.2, 0) is 14.8 Å². The third-order valence-electron chi connectivity index (χ3n) is 6.69. The van der Waals surface area contributed by atoms with Crippen LogP contribution in [0.15, 0.2) is 65.6 Å². The van der Waals surface area contributed by atoms with Crippen molar-refractivity contribution in [2.75, 3.05) is 18.0 Å². The molecule has 0 aromatic heterocycles. The molecule has 7 nitrogen and oxygen atoms in total. The molecular weight excluding hydrogens is 488 g/mol. The number of hydrogen-bond donors (Lipinski definition) is 1. The Hall–Kier alpha value is -3.52. The summed E-state index contributed by atoms with van der Waals surface area (Å²) in [7, 11) is -2.41. The van der Waals surface area contributed by atoms with Crippen LogP contribution in [-0.4, -0.2) is 33.6 Å². The number of aryl methyl sites for hydroxylation is 3. The van der Waals surface area contributed by atoms with Crippen LogP contribution in [0, 0.1) is 20.8 Å². The summed E-state index contributed by atoms with van der Waals surface area (Å²) in [5, 5.41) is 3.06. The molecular formula is C29H34N2O5S. The number of nitrogens with one attached hydrogen (secondary N) is 1. The first kappa shape index (κ1) is 26.5. The van der Waals surface area contributed by atoms with E-state index in [4.69, 9.17) is 9.47 Å². The molecule has 3 aromatic rings. The third kappa shape index (κ3) is 5.74. The molecule has 0 fully saturated rings. The monoisotopic (exact) mass is 522 g/mol. The van der Waals surface area contributed by atoms with Crippen molar-refractivity contribution < 1.29 is 22.7 Å². The summed E-state index contributed by atoms with van der Waals surface area (Å²) in [6.45, 7) is 9.33. The van der Waals surface area contributed by atoms with Gasteiger partial charge in [-0.2, -0.15) is 0 Å². The second kappa shape index (κ2) is 10.1. The van der Waals surface area contributed by atoms with Crippen LogP contribution >= 0.6 is 0 Å². The first-order chi connectivity index (χ1) is 17.4. The molecule has 1 amide bonds. The normalized spacial score (nSPS) is 16.3. The molecule has 1 heterocycles. The maximum Gasteiger partial charge on any atom is 0.264 e. The van der Waals surface area contributed by atoms with Gasteiger partial charge >= 0.3 is 0 Å². The molecule has 0 bridgehead atoms. The zero-order valence-corrected chi connectivity index (χ0v) is 23.0. The Morgan fingerprint density at radius 3 is 2.38 bits per heavy atom. The van der Waals surface area contributed by atoms with E-state index >= 15 is 0 Å². The molecule has 0 saturated heterocycles. The van der Waals surface area contributed by atoms with E-state index in [9.17, 15) is 13.2 Å². The molecule has 0 spiro atoms. The maximum absolute atomic E-state index is 13.8. The highest BCUT2D eigenvalue weighted by Crippen LogP contribution is 2.41. The minimum atomic E-state index is -4.00. The maximum atomic E-state index is 13.8. The largest absolute Gasteiger partial charge is 0.497 e. The van der Waals surface area contributed by atoms with Gasteiger partial charge in [-0.25, -0.2) is 8.42 Å². The second-order valence-corrected chi connectivity index (χ2v) is 12.0. The highest BCUT2D eigenvalue weighted by Gasteiger charge is 2.36. The second-order valence-electron chi connectivity index (χ2n) is 10.2. The summed E-state index contributed by atoms with van der Waals surface area (Å²) in [5.41, 5.74) is 3.67. The Kier molecular flexibility index (Phi) is 7.24. The van der Waals surface area contributed by atoms with Crippen LogP contribution in [0.25, 0.3) is 0 Å². The highest BCUT2D eigenvalue weighted by molar-refractivity contribution is 7.92. The smallest absolute Gasteiger partial charge is 0.264 e. The zero-order chi connectivity index (χ0) is 27.0. The van der Waals surface area contributed by atoms with Crippen LogP contribution in [0.2, 0.25) is 0 Å². The van der Waals surface area contributed by atoms with Gasteiger partial charge in [0.15, 0.2) is 0 Å². The number of amides is 1. The van der Waals surface area contributed by atoms with Gasteiger partial charge in [-0.1, -0.05) is 23.8 Å². The topological polar surface area (TPSA) is 84.9 Å². The zero-order valence-electron chi connectivity index (χ0n) is 22.2. The van der Waals surface area contributed by atoms with E-state index in [2.05, 4.69) is 5.32 Å². The number of carbonyl (C=O) groups is 1. The molecule has 0 radical (unpaired) electrons. The first-order valence-corrected chi connectivity index (χ1v) is 13.7. The molecule has 1 aliphatic heterocycles. The van der Waals surface area contributed by atoms with Gasteiger partial charge in [-0.15, -0.1) is 0 Å². The number of sulfonamides is 1. The lowest BCUT2D eigenvalue weighted by atomic mass is 9.89. The molecule has 1 unspecified atom stereocenters. The lowest BCUT2D eigenvalue weighted by molar-refractivity contribution is -0.120. The highest BCUT2D eigenvalue weighted by atomic mass is 32.2. The fourth-order valence-electron chi connectivity index (χ4n) is 4.49. The van der Waals surface area contributed by atoms with Crippen LogP contribution in [0.3, 0.4) is 0 Å². The lowest BCUT2D eigenvalue weighted by Crippen LogP contribution is -2.45. The van der Waals surface area contributed by atoms with Gasteiger partial charge in [0, 0.05) is 18.1 Å². The van der Waals surface area contributed by atoms with E-state index in [-0.39, 0.29) is 17.5 Å². The number of ether oxygens (including phenoxy) is 2. The summed E-state index contributed by atoms with van der Waals surface area (Å²) >= 11 is 0. The molecule has 37 heavy (non-hydrogen) atoms. The van der Waals surface area contributed by atoms with Crippen LogP contribution in [0.5, 0.6) is 11.5 Å². The van der Waals surface area contributed by atoms with Gasteiger partial charge in [0.05, 0.1) is 23.7 Å². The molecule has 1 aliphatic rings. The SMILES string of the molecule is COc1ccc2c(c1)OC(C)(C)CC2NC(=O)CN(c1ccc(C)c(C)c1)S(=O)(=O)c1ccc(C)cc1. The van der Waals surface area contributed by atoms with Crippen LogP contribution < -0.4 is 19.1 Å². The van der Waals surface area contributed by atoms with E-state index < -0.39 is 21.5 Å². The van der Waals surface area contributed by atoms with Crippen molar-refractivity contribution in [2.24, 2.45) is 0 Å². The Morgan fingerprint density at radius 2 is 1.73 bits per heavy atom. The minimum Gasteiger partial charge on any atom is -0.497 e. The summed E-state index contributed by atoms with van der Waals surface area (Å²) in [6, 6.07) is 17.2. The van der Waals surface area contributed by atoms with Crippen molar-refractivity contribution in [3.63, 3.8) is 0 Å². The van der Waals surface area contributed by atoms with E-state index in [0.29, 0.717) is 23.6 Å². The predicted molar refractivity (Wildman–Crippen MR) is 145 cm³/mol. The first-order valence-electron chi connectivity index (χ1n) is 12.2. The van der Waals surface area contributed by atoms with Gasteiger partial charge in [-0.05, 0) is 82.1 Å². The number of hydrogen-bond acceptors (Lipinski definition) is 5. The number of anilines is 1. The van der Waals surface area contributed by atoms with Crippen LogP contribution in [0.1, 0.15) is 48.6 Å². The summed E-state index contributed by atoms with van der Waals surface area (Å²) in [4.78, 5) is 13.6. The van der Waals surface area contributed by atoms with Crippen molar-refractivity contribution in [3.8, 4) is 11.5 Å². The van der Waals surface area contributed by atoms with Gasteiger partial charge in [0.2, 0.25) is 5.91 Å². The summed E-state index contributed by atoms with van der Waals surface area (Å²) in [6.07, 6.45) is 0.534. The number of fused-ring (bicyclic) bond motifs is 1. The molecule has 1 N–H and O–H groups in total. The standard InChI is InChI=1S/C29H34N2O5S/c1-19-7-12-24(13-8-19)37(33,34)31(22-10-9-20(2)21(3)15-22)18-28(32)30-26-17-29(4,5)36-27-16-23(35-6)11-14-25(26)27/h7-16,26H,17-18H2,1-6H3,(H,30,32). The number of nitrogens with zero attached hydrogens (tertiary/aromatic N) is 1. The molecule has 4 rings (SSSR count). The third-order valence-corrected chi connectivity index (χ3v) is 8.48. The fourth-order valence-corrected chi connectivity index (χ4v) is 5.90. The van der Waals surface area contributed by atoms with Gasteiger partial charge < -0.3 is 14.8 Å². The number of carbonyl (C=O) groups excluding carboxylic acids is 1. The minimum absolute atomic E-state index is 0.133. The van der Waals surface area contributed by atoms with E-state index in [1.165, 1.54) is 4.31 Å². The molecule has 3 aromatic carbocycles. The molecule has 0 aliphatic carbocycles. The fraction of sp³-hybridized carbons (Fsp3) is 0.345. The molecule has 196 valence electrons. The Labute approximate surface area is 219 Å². The van der Waals surface area contributed by atoms with Gasteiger partial charge in [0.25, 0.3) is 10.0 Å².